The molecule has 0 spiro atoms. The molecule has 2 aromatic carbocycles. The number of para-hydroxylation sites is 2. The van der Waals surface area contributed by atoms with Crippen molar-refractivity contribution in [3.63, 3.8) is 0 Å². The average Bonchev–Trinajstić information content (AvgIpc) is 3.04. The van der Waals surface area contributed by atoms with E-state index in [1.165, 1.54) is 0 Å². The van der Waals surface area contributed by atoms with Crippen molar-refractivity contribution in [1.82, 2.24) is 0 Å². The van der Waals surface area contributed by atoms with E-state index in [1.807, 2.05) is 49.4 Å². The first-order valence-corrected chi connectivity index (χ1v) is 8.33. The molecule has 0 bridgehead atoms. The van der Waals surface area contributed by atoms with Gasteiger partial charge in [-0.3, -0.25) is 4.79 Å². The summed E-state index contributed by atoms with van der Waals surface area (Å²) < 4.78 is 10.7. The van der Waals surface area contributed by atoms with E-state index in [2.05, 4.69) is 0 Å². The molecule has 0 aliphatic carbocycles. The first-order valence-electron chi connectivity index (χ1n) is 8.33. The fraction of sp³-hybridized carbons (Fsp3) is 0.300. The van der Waals surface area contributed by atoms with E-state index in [0.29, 0.717) is 12.3 Å². The minimum atomic E-state index is -0.848. The Bertz CT molecular complexity index is 787. The van der Waals surface area contributed by atoms with Crippen LogP contribution in [0.25, 0.3) is 0 Å². The summed E-state index contributed by atoms with van der Waals surface area (Å²) in [4.78, 5) is 26.2. The molecule has 0 saturated heterocycles. The van der Waals surface area contributed by atoms with Crippen LogP contribution in [0.4, 0.5) is 5.69 Å². The summed E-state index contributed by atoms with van der Waals surface area (Å²) >= 11 is 0. The van der Waals surface area contributed by atoms with E-state index in [9.17, 15) is 9.59 Å². The molecule has 1 heterocycles. The SMILES string of the molecule is Cc1ccccc1OCC(=O)OC(C)C(=O)N1CCc2ccccc21. The Kier molecular flexibility index (Phi) is 5.03. The molecule has 2 aromatic rings. The first-order chi connectivity index (χ1) is 12.1. The van der Waals surface area contributed by atoms with Gasteiger partial charge in [0, 0.05) is 12.2 Å². The number of carbonyl (C=O) groups excluding carboxylic acids is 2. The molecule has 1 atom stereocenters. The summed E-state index contributed by atoms with van der Waals surface area (Å²) in [6, 6.07) is 15.2. The van der Waals surface area contributed by atoms with Crippen molar-refractivity contribution in [1.29, 1.82) is 0 Å². The highest BCUT2D eigenvalue weighted by Gasteiger charge is 2.29. The second kappa shape index (κ2) is 7.38. The molecular weight excluding hydrogens is 318 g/mol. The Morgan fingerprint density at radius 3 is 2.64 bits per heavy atom. The molecule has 1 aliphatic rings. The lowest BCUT2D eigenvalue weighted by molar-refractivity contribution is -0.155. The standard InChI is InChI=1S/C20H21NO4/c1-14-7-3-6-10-18(14)24-13-19(22)25-15(2)20(23)21-12-11-16-8-4-5-9-17(16)21/h3-10,15H,11-13H2,1-2H3. The van der Waals surface area contributed by atoms with Crippen LogP contribution in [0, 0.1) is 6.92 Å². The van der Waals surface area contributed by atoms with Crippen molar-refractivity contribution in [2.24, 2.45) is 0 Å². The highest BCUT2D eigenvalue weighted by Crippen LogP contribution is 2.28. The van der Waals surface area contributed by atoms with Crippen molar-refractivity contribution in [2.45, 2.75) is 26.4 Å². The molecule has 0 aromatic heterocycles. The molecular formula is C20H21NO4. The minimum Gasteiger partial charge on any atom is -0.482 e. The van der Waals surface area contributed by atoms with Crippen molar-refractivity contribution >= 4 is 17.6 Å². The first kappa shape index (κ1) is 17.0. The summed E-state index contributed by atoms with van der Waals surface area (Å²) in [6.45, 7) is 3.88. The lowest BCUT2D eigenvalue weighted by Gasteiger charge is -2.21. The Morgan fingerprint density at radius 1 is 1.12 bits per heavy atom. The quantitative estimate of drug-likeness (QED) is 0.786. The molecule has 1 unspecified atom stereocenters. The maximum Gasteiger partial charge on any atom is 0.344 e. The normalized spacial score (nSPS) is 13.9. The summed E-state index contributed by atoms with van der Waals surface area (Å²) in [5.41, 5.74) is 2.97. The third-order valence-corrected chi connectivity index (χ3v) is 4.25. The fourth-order valence-corrected chi connectivity index (χ4v) is 2.92. The van der Waals surface area contributed by atoms with E-state index in [-0.39, 0.29) is 12.5 Å². The van der Waals surface area contributed by atoms with Crippen LogP contribution in [0.3, 0.4) is 0 Å². The van der Waals surface area contributed by atoms with Gasteiger partial charge in [-0.25, -0.2) is 4.79 Å². The van der Waals surface area contributed by atoms with Crippen LogP contribution in [0.5, 0.6) is 5.75 Å². The van der Waals surface area contributed by atoms with Gasteiger partial charge in [0.15, 0.2) is 12.7 Å². The monoisotopic (exact) mass is 339 g/mol. The van der Waals surface area contributed by atoms with Gasteiger partial charge in [0.2, 0.25) is 0 Å². The van der Waals surface area contributed by atoms with E-state index < -0.39 is 12.1 Å². The number of ether oxygens (including phenoxy) is 2. The van der Waals surface area contributed by atoms with Gasteiger partial charge in [-0.1, -0.05) is 36.4 Å². The van der Waals surface area contributed by atoms with Crippen LogP contribution in [-0.4, -0.2) is 31.1 Å². The zero-order chi connectivity index (χ0) is 17.8. The maximum absolute atomic E-state index is 12.6. The molecule has 1 amide bonds. The second-order valence-electron chi connectivity index (χ2n) is 6.05. The predicted octanol–water partition coefficient (Wildman–Crippen LogP) is 2.89. The molecule has 5 nitrogen and oxygen atoms in total. The smallest absolute Gasteiger partial charge is 0.344 e. The lowest BCUT2D eigenvalue weighted by atomic mass is 10.2. The van der Waals surface area contributed by atoms with Gasteiger partial charge in [-0.05, 0) is 43.5 Å². The topological polar surface area (TPSA) is 55.8 Å². The summed E-state index contributed by atoms with van der Waals surface area (Å²) in [5, 5.41) is 0. The lowest BCUT2D eigenvalue weighted by Crippen LogP contribution is -2.39. The second-order valence-corrected chi connectivity index (χ2v) is 6.05. The molecule has 0 N–H and O–H groups in total. The van der Waals surface area contributed by atoms with Crippen LogP contribution in [0.1, 0.15) is 18.1 Å². The minimum absolute atomic E-state index is 0.214. The van der Waals surface area contributed by atoms with Gasteiger partial charge in [-0.15, -0.1) is 0 Å². The Balaban J connectivity index is 1.55. The van der Waals surface area contributed by atoms with E-state index >= 15 is 0 Å². The number of fused-ring (bicyclic) bond motifs is 1. The van der Waals surface area contributed by atoms with Crippen molar-refractivity contribution in [3.8, 4) is 5.75 Å². The third kappa shape index (κ3) is 3.82. The Hall–Kier alpha value is -2.82. The third-order valence-electron chi connectivity index (χ3n) is 4.25. The van der Waals surface area contributed by atoms with Gasteiger partial charge in [0.05, 0.1) is 0 Å². The Labute approximate surface area is 147 Å². The maximum atomic E-state index is 12.6. The highest BCUT2D eigenvalue weighted by atomic mass is 16.6. The summed E-state index contributed by atoms with van der Waals surface area (Å²) in [7, 11) is 0. The number of esters is 1. The molecule has 130 valence electrons. The van der Waals surface area contributed by atoms with Crippen LogP contribution >= 0.6 is 0 Å². The van der Waals surface area contributed by atoms with Crippen LogP contribution < -0.4 is 9.64 Å². The molecule has 0 radical (unpaired) electrons. The number of aryl methyl sites for hydroxylation is 1. The highest BCUT2D eigenvalue weighted by molar-refractivity contribution is 5.99. The number of carbonyl (C=O) groups is 2. The van der Waals surface area contributed by atoms with Crippen LogP contribution in [0.2, 0.25) is 0 Å². The van der Waals surface area contributed by atoms with Gasteiger partial charge < -0.3 is 14.4 Å². The van der Waals surface area contributed by atoms with Gasteiger partial charge in [-0.2, -0.15) is 0 Å². The van der Waals surface area contributed by atoms with Gasteiger partial charge >= 0.3 is 5.97 Å². The summed E-state index contributed by atoms with van der Waals surface area (Å²) in [5.74, 6) is -0.141. The Morgan fingerprint density at radius 2 is 1.84 bits per heavy atom. The van der Waals surface area contributed by atoms with Gasteiger partial charge in [0.1, 0.15) is 5.75 Å². The zero-order valence-electron chi connectivity index (χ0n) is 14.4. The number of benzene rings is 2. The number of hydrogen-bond donors (Lipinski definition) is 0. The number of nitrogens with zero attached hydrogens (tertiary/aromatic N) is 1. The molecule has 1 aliphatic heterocycles. The number of anilines is 1. The number of amides is 1. The fourth-order valence-electron chi connectivity index (χ4n) is 2.92. The molecule has 0 fully saturated rings. The number of hydrogen-bond acceptors (Lipinski definition) is 4. The van der Waals surface area contributed by atoms with E-state index in [1.54, 1.807) is 17.9 Å². The summed E-state index contributed by atoms with van der Waals surface area (Å²) in [6.07, 6.45) is -0.0296. The van der Waals surface area contributed by atoms with Gasteiger partial charge in [0.25, 0.3) is 5.91 Å². The number of rotatable bonds is 5. The van der Waals surface area contributed by atoms with Crippen molar-refractivity contribution in [3.05, 3.63) is 59.7 Å². The molecule has 5 heteroatoms. The predicted molar refractivity (Wildman–Crippen MR) is 94.7 cm³/mol. The van der Waals surface area contributed by atoms with E-state index in [0.717, 1.165) is 23.2 Å². The molecule has 0 saturated carbocycles. The average molecular weight is 339 g/mol. The molecule has 3 rings (SSSR count). The van der Waals surface area contributed by atoms with Crippen molar-refractivity contribution in [2.75, 3.05) is 18.1 Å². The molecule has 25 heavy (non-hydrogen) atoms. The van der Waals surface area contributed by atoms with Crippen LogP contribution in [0.15, 0.2) is 48.5 Å². The largest absolute Gasteiger partial charge is 0.482 e. The van der Waals surface area contributed by atoms with E-state index in [4.69, 9.17) is 9.47 Å². The van der Waals surface area contributed by atoms with Crippen LogP contribution in [-0.2, 0) is 20.7 Å². The zero-order valence-corrected chi connectivity index (χ0v) is 14.4. The van der Waals surface area contributed by atoms with Crippen molar-refractivity contribution < 1.29 is 19.1 Å².